The minimum Gasteiger partial charge on any atom is -0.497 e. The highest BCUT2D eigenvalue weighted by Gasteiger charge is 2.12. The van der Waals surface area contributed by atoms with Crippen LogP contribution in [0.1, 0.15) is 6.42 Å². The van der Waals surface area contributed by atoms with Gasteiger partial charge in [0.05, 0.1) is 23.8 Å². The van der Waals surface area contributed by atoms with Gasteiger partial charge in [0.1, 0.15) is 11.6 Å². The first-order chi connectivity index (χ1) is 14.2. The standard InChI is InChI=1S/C23H21N3O2S/c1-28-16-10-12-17(13-11-16)29-15-14-22(27)24-19-7-3-2-6-18(19)23-25-20-8-4-5-9-21(20)26-23/h2-13H,14-15H2,1H3,(H,24,27)(H,25,26). The molecular formula is C23H21N3O2S. The van der Waals surface area contributed by atoms with Gasteiger partial charge in [0.2, 0.25) is 5.91 Å². The Morgan fingerprint density at radius 3 is 2.59 bits per heavy atom. The third kappa shape index (κ3) is 4.60. The van der Waals surface area contributed by atoms with Gasteiger partial charge in [-0.15, -0.1) is 11.8 Å². The number of anilines is 1. The van der Waals surface area contributed by atoms with Gasteiger partial charge in [-0.25, -0.2) is 4.98 Å². The zero-order chi connectivity index (χ0) is 20.1. The smallest absolute Gasteiger partial charge is 0.225 e. The lowest BCUT2D eigenvalue weighted by Crippen LogP contribution is -2.13. The molecule has 1 aromatic heterocycles. The summed E-state index contributed by atoms with van der Waals surface area (Å²) in [5, 5.41) is 3.03. The number of aromatic nitrogens is 2. The number of hydrogen-bond donors (Lipinski definition) is 2. The van der Waals surface area contributed by atoms with Crippen molar-refractivity contribution < 1.29 is 9.53 Å². The Labute approximate surface area is 173 Å². The minimum atomic E-state index is -0.0189. The average molecular weight is 404 g/mol. The molecule has 0 saturated heterocycles. The van der Waals surface area contributed by atoms with Gasteiger partial charge in [0.25, 0.3) is 0 Å². The van der Waals surface area contributed by atoms with Crippen LogP contribution in [-0.2, 0) is 4.79 Å². The van der Waals surface area contributed by atoms with Crippen LogP contribution in [-0.4, -0.2) is 28.7 Å². The summed E-state index contributed by atoms with van der Waals surface area (Å²) in [6.45, 7) is 0. The number of amides is 1. The van der Waals surface area contributed by atoms with Crippen molar-refractivity contribution in [3.63, 3.8) is 0 Å². The van der Waals surface area contributed by atoms with E-state index >= 15 is 0 Å². The Morgan fingerprint density at radius 2 is 1.79 bits per heavy atom. The van der Waals surface area contributed by atoms with E-state index in [1.165, 1.54) is 0 Å². The number of hydrogen-bond acceptors (Lipinski definition) is 4. The highest BCUT2D eigenvalue weighted by molar-refractivity contribution is 7.99. The Balaban J connectivity index is 1.40. The molecule has 0 atom stereocenters. The van der Waals surface area contributed by atoms with E-state index < -0.39 is 0 Å². The molecule has 2 N–H and O–H groups in total. The number of imidazole rings is 1. The van der Waals surface area contributed by atoms with Crippen LogP contribution in [0.25, 0.3) is 22.4 Å². The fourth-order valence-corrected chi connectivity index (χ4v) is 3.88. The lowest BCUT2D eigenvalue weighted by atomic mass is 10.1. The molecule has 0 aliphatic heterocycles. The Kier molecular flexibility index (Phi) is 5.81. The van der Waals surface area contributed by atoms with Crippen LogP contribution in [0.4, 0.5) is 5.69 Å². The summed E-state index contributed by atoms with van der Waals surface area (Å²) in [5.74, 6) is 2.25. The molecule has 0 unspecified atom stereocenters. The van der Waals surface area contributed by atoms with Crippen molar-refractivity contribution in [2.24, 2.45) is 0 Å². The molecule has 0 spiro atoms. The minimum absolute atomic E-state index is 0.0189. The number of carbonyl (C=O) groups excluding carboxylic acids is 1. The Morgan fingerprint density at radius 1 is 1.03 bits per heavy atom. The van der Waals surface area contributed by atoms with Gasteiger partial charge in [0.15, 0.2) is 0 Å². The molecule has 4 rings (SSSR count). The molecule has 6 heteroatoms. The number of H-pyrrole nitrogens is 1. The summed E-state index contributed by atoms with van der Waals surface area (Å²) >= 11 is 1.65. The van der Waals surface area contributed by atoms with E-state index in [0.29, 0.717) is 12.2 Å². The van der Waals surface area contributed by atoms with E-state index in [1.807, 2.05) is 72.8 Å². The molecule has 1 amide bonds. The van der Waals surface area contributed by atoms with Crippen LogP contribution in [0, 0.1) is 0 Å². The summed E-state index contributed by atoms with van der Waals surface area (Å²) in [6, 6.07) is 23.4. The molecular weight excluding hydrogens is 382 g/mol. The Bertz CT molecular complexity index is 1090. The number of para-hydroxylation sites is 3. The van der Waals surface area contributed by atoms with Crippen molar-refractivity contribution in [2.75, 3.05) is 18.2 Å². The number of rotatable bonds is 7. The molecule has 0 fully saturated rings. The van der Waals surface area contributed by atoms with E-state index in [9.17, 15) is 4.79 Å². The van der Waals surface area contributed by atoms with Gasteiger partial charge in [0, 0.05) is 22.6 Å². The Hall–Kier alpha value is -3.25. The van der Waals surface area contributed by atoms with Crippen LogP contribution in [0.2, 0.25) is 0 Å². The first-order valence-electron chi connectivity index (χ1n) is 9.34. The van der Waals surface area contributed by atoms with Crippen LogP contribution >= 0.6 is 11.8 Å². The van der Waals surface area contributed by atoms with Gasteiger partial charge in [-0.2, -0.15) is 0 Å². The van der Waals surface area contributed by atoms with E-state index in [2.05, 4.69) is 15.3 Å². The summed E-state index contributed by atoms with van der Waals surface area (Å²) < 4.78 is 5.16. The normalized spacial score (nSPS) is 10.8. The van der Waals surface area contributed by atoms with Crippen LogP contribution in [0.5, 0.6) is 5.75 Å². The van der Waals surface area contributed by atoms with E-state index in [-0.39, 0.29) is 5.91 Å². The van der Waals surface area contributed by atoms with Crippen molar-refractivity contribution in [1.82, 2.24) is 9.97 Å². The molecule has 1 heterocycles. The van der Waals surface area contributed by atoms with Gasteiger partial charge in [-0.05, 0) is 48.5 Å². The number of fused-ring (bicyclic) bond motifs is 1. The number of benzene rings is 3. The van der Waals surface area contributed by atoms with Crippen LogP contribution in [0.3, 0.4) is 0 Å². The van der Waals surface area contributed by atoms with Crippen molar-refractivity contribution in [3.05, 3.63) is 72.8 Å². The van der Waals surface area contributed by atoms with Crippen LogP contribution < -0.4 is 10.1 Å². The van der Waals surface area contributed by atoms with Gasteiger partial charge in [-0.3, -0.25) is 4.79 Å². The molecule has 0 aliphatic carbocycles. The quantitative estimate of drug-likeness (QED) is 0.408. The predicted molar refractivity (Wildman–Crippen MR) is 118 cm³/mol. The highest BCUT2D eigenvalue weighted by Crippen LogP contribution is 2.28. The van der Waals surface area contributed by atoms with Gasteiger partial charge >= 0.3 is 0 Å². The van der Waals surface area contributed by atoms with E-state index in [4.69, 9.17) is 4.74 Å². The van der Waals surface area contributed by atoms with Gasteiger partial charge in [-0.1, -0.05) is 24.3 Å². The molecule has 3 aromatic carbocycles. The molecule has 0 aliphatic rings. The predicted octanol–water partition coefficient (Wildman–Crippen LogP) is 5.36. The second-order valence-corrected chi connectivity index (χ2v) is 7.64. The number of nitrogens with zero attached hydrogens (tertiary/aromatic N) is 1. The maximum atomic E-state index is 12.5. The van der Waals surface area contributed by atoms with Crippen molar-refractivity contribution in [3.8, 4) is 17.1 Å². The van der Waals surface area contributed by atoms with Crippen molar-refractivity contribution >= 4 is 34.4 Å². The second-order valence-electron chi connectivity index (χ2n) is 6.47. The molecule has 0 bridgehead atoms. The van der Waals surface area contributed by atoms with E-state index in [0.717, 1.165) is 38.8 Å². The van der Waals surface area contributed by atoms with Crippen LogP contribution in [0.15, 0.2) is 77.7 Å². The lowest BCUT2D eigenvalue weighted by Gasteiger charge is -2.09. The number of nitrogens with one attached hydrogen (secondary N) is 2. The molecule has 5 nitrogen and oxygen atoms in total. The molecule has 0 saturated carbocycles. The fraction of sp³-hybridized carbons (Fsp3) is 0.130. The third-order valence-electron chi connectivity index (χ3n) is 4.50. The summed E-state index contributed by atoms with van der Waals surface area (Å²) in [5.41, 5.74) is 3.50. The average Bonchev–Trinajstić information content (AvgIpc) is 3.19. The molecule has 146 valence electrons. The third-order valence-corrected chi connectivity index (χ3v) is 5.52. The zero-order valence-corrected chi connectivity index (χ0v) is 16.8. The number of methoxy groups -OCH3 is 1. The summed E-state index contributed by atoms with van der Waals surface area (Å²) in [6.07, 6.45) is 0.422. The number of ether oxygens (including phenoxy) is 1. The topological polar surface area (TPSA) is 67.0 Å². The maximum absolute atomic E-state index is 12.5. The van der Waals surface area contributed by atoms with Gasteiger partial charge < -0.3 is 15.0 Å². The fourth-order valence-electron chi connectivity index (χ4n) is 3.03. The molecule has 0 radical (unpaired) electrons. The van der Waals surface area contributed by atoms with Crippen molar-refractivity contribution in [2.45, 2.75) is 11.3 Å². The summed E-state index contributed by atoms with van der Waals surface area (Å²) in [7, 11) is 1.65. The maximum Gasteiger partial charge on any atom is 0.225 e. The molecule has 4 aromatic rings. The van der Waals surface area contributed by atoms with Crippen molar-refractivity contribution in [1.29, 1.82) is 0 Å². The first-order valence-corrected chi connectivity index (χ1v) is 10.3. The second kappa shape index (κ2) is 8.84. The lowest BCUT2D eigenvalue weighted by molar-refractivity contribution is -0.115. The number of aromatic amines is 1. The highest BCUT2D eigenvalue weighted by atomic mass is 32.2. The molecule has 29 heavy (non-hydrogen) atoms. The first kappa shape index (κ1) is 19.1. The largest absolute Gasteiger partial charge is 0.497 e. The number of carbonyl (C=O) groups is 1. The van der Waals surface area contributed by atoms with E-state index in [1.54, 1.807) is 18.9 Å². The zero-order valence-electron chi connectivity index (χ0n) is 16.0. The number of thioether (sulfide) groups is 1. The monoisotopic (exact) mass is 403 g/mol. The summed E-state index contributed by atoms with van der Waals surface area (Å²) in [4.78, 5) is 21.6. The SMILES string of the molecule is COc1ccc(SCCC(=O)Nc2ccccc2-c2nc3ccccc3[nH]2)cc1.